The molecule has 2 aromatic rings. The zero-order valence-electron chi connectivity index (χ0n) is 14.6. The van der Waals surface area contributed by atoms with Gasteiger partial charge in [-0.2, -0.15) is 0 Å². The predicted molar refractivity (Wildman–Crippen MR) is 98.5 cm³/mol. The first-order chi connectivity index (χ1) is 13.1. The third kappa shape index (κ3) is 3.73. The molecule has 0 radical (unpaired) electrons. The number of thiophene rings is 1. The number of ether oxygens (including phenoxy) is 2. The highest BCUT2D eigenvalue weighted by Crippen LogP contribution is 2.28. The highest BCUT2D eigenvalue weighted by Gasteiger charge is 2.44. The largest absolute Gasteiger partial charge is 0.376 e. The van der Waals surface area contributed by atoms with Crippen LogP contribution in [0.15, 0.2) is 41.8 Å². The van der Waals surface area contributed by atoms with E-state index in [-0.39, 0.29) is 37.4 Å². The molecule has 1 atom stereocenters. The van der Waals surface area contributed by atoms with Gasteiger partial charge >= 0.3 is 0 Å². The molecular weight excluding hydrogens is 371 g/mol. The van der Waals surface area contributed by atoms with Crippen LogP contribution in [0, 0.1) is 5.82 Å². The summed E-state index contributed by atoms with van der Waals surface area (Å²) in [6, 6.07) is 9.41. The molecule has 0 bridgehead atoms. The van der Waals surface area contributed by atoms with Crippen molar-refractivity contribution in [3.05, 3.63) is 52.5 Å². The summed E-state index contributed by atoms with van der Waals surface area (Å²) in [7, 11) is 0. The first-order valence-corrected chi connectivity index (χ1v) is 9.55. The molecule has 0 aliphatic carbocycles. The normalized spacial score (nSPS) is 23.5. The molecular formula is C19H19FN2O4S. The van der Waals surface area contributed by atoms with Crippen LogP contribution in [0.4, 0.5) is 10.1 Å². The minimum atomic E-state index is -0.814. The van der Waals surface area contributed by atoms with Crippen molar-refractivity contribution in [2.45, 2.75) is 5.60 Å². The highest BCUT2D eigenvalue weighted by molar-refractivity contribution is 7.12. The summed E-state index contributed by atoms with van der Waals surface area (Å²) in [5.74, 6) is -0.629. The van der Waals surface area contributed by atoms with Crippen LogP contribution in [-0.4, -0.2) is 61.8 Å². The Labute approximate surface area is 160 Å². The summed E-state index contributed by atoms with van der Waals surface area (Å²) in [4.78, 5) is 29.1. The number of morpholine rings is 1. The molecule has 2 amide bonds. The lowest BCUT2D eigenvalue weighted by Gasteiger charge is -2.42. The van der Waals surface area contributed by atoms with E-state index in [2.05, 4.69) is 0 Å². The first-order valence-electron chi connectivity index (χ1n) is 8.67. The molecule has 1 aromatic heterocycles. The Kier molecular flexibility index (Phi) is 4.94. The molecule has 0 saturated carbocycles. The van der Waals surface area contributed by atoms with Crippen LogP contribution >= 0.6 is 11.3 Å². The molecule has 27 heavy (non-hydrogen) atoms. The second-order valence-corrected chi connectivity index (χ2v) is 7.63. The van der Waals surface area contributed by atoms with Crippen LogP contribution in [0.25, 0.3) is 0 Å². The average molecular weight is 390 g/mol. The van der Waals surface area contributed by atoms with E-state index in [1.165, 1.54) is 23.5 Å². The number of hydrogen-bond acceptors (Lipinski definition) is 5. The Bertz CT molecular complexity index is 827. The standard InChI is InChI=1S/C19H19FN2O4S/c20-14-3-5-15(6-4-14)22-12-19(26-10-17(22)23)11-21(7-8-25-13-19)18(24)16-2-1-9-27-16/h1-6,9H,7-8,10-13H2/t19-/m0/s1. The molecule has 2 aliphatic rings. The number of anilines is 1. The molecule has 0 N–H and O–H groups in total. The average Bonchev–Trinajstić information content (AvgIpc) is 3.13. The molecule has 8 heteroatoms. The number of carbonyl (C=O) groups is 2. The number of rotatable bonds is 2. The van der Waals surface area contributed by atoms with Gasteiger partial charge in [0, 0.05) is 12.2 Å². The van der Waals surface area contributed by atoms with Gasteiger partial charge in [-0.25, -0.2) is 4.39 Å². The molecule has 2 saturated heterocycles. The zero-order valence-corrected chi connectivity index (χ0v) is 15.4. The van der Waals surface area contributed by atoms with Crippen molar-refractivity contribution in [3.63, 3.8) is 0 Å². The molecule has 2 aliphatic heterocycles. The van der Waals surface area contributed by atoms with Crippen LogP contribution in [0.1, 0.15) is 9.67 Å². The Morgan fingerprint density at radius 3 is 2.74 bits per heavy atom. The quantitative estimate of drug-likeness (QED) is 0.789. The fourth-order valence-corrected chi connectivity index (χ4v) is 4.08. The molecule has 1 aromatic carbocycles. The van der Waals surface area contributed by atoms with Crippen molar-refractivity contribution in [3.8, 4) is 0 Å². The number of amides is 2. The van der Waals surface area contributed by atoms with Crippen LogP contribution in [0.3, 0.4) is 0 Å². The zero-order chi connectivity index (χ0) is 18.9. The Hall–Kier alpha value is -2.29. The van der Waals surface area contributed by atoms with Gasteiger partial charge in [0.05, 0.1) is 31.2 Å². The van der Waals surface area contributed by atoms with Crippen LogP contribution < -0.4 is 4.90 Å². The lowest BCUT2D eigenvalue weighted by molar-refractivity contribution is -0.145. The van der Waals surface area contributed by atoms with E-state index in [9.17, 15) is 14.0 Å². The van der Waals surface area contributed by atoms with Crippen molar-refractivity contribution in [2.24, 2.45) is 0 Å². The minimum absolute atomic E-state index is 0.0660. The van der Waals surface area contributed by atoms with Crippen molar-refractivity contribution >= 4 is 28.8 Å². The molecule has 1 spiro atoms. The Morgan fingerprint density at radius 2 is 2.00 bits per heavy atom. The van der Waals surface area contributed by atoms with Crippen LogP contribution in [0.5, 0.6) is 0 Å². The van der Waals surface area contributed by atoms with E-state index < -0.39 is 5.60 Å². The molecule has 0 unspecified atom stereocenters. The van der Waals surface area contributed by atoms with Crippen molar-refractivity contribution in [2.75, 3.05) is 44.4 Å². The highest BCUT2D eigenvalue weighted by atomic mass is 32.1. The van der Waals surface area contributed by atoms with Gasteiger partial charge in [-0.05, 0) is 35.7 Å². The van der Waals surface area contributed by atoms with Crippen molar-refractivity contribution in [1.82, 2.24) is 4.90 Å². The van der Waals surface area contributed by atoms with Crippen LogP contribution in [0.2, 0.25) is 0 Å². The third-order valence-corrected chi connectivity index (χ3v) is 5.61. The number of carbonyl (C=O) groups excluding carboxylic acids is 2. The maximum Gasteiger partial charge on any atom is 0.264 e. The van der Waals surface area contributed by atoms with Gasteiger partial charge in [0.1, 0.15) is 18.0 Å². The summed E-state index contributed by atoms with van der Waals surface area (Å²) in [6.07, 6.45) is 0. The number of halogens is 1. The summed E-state index contributed by atoms with van der Waals surface area (Å²) in [6.45, 7) is 1.62. The second-order valence-electron chi connectivity index (χ2n) is 6.68. The summed E-state index contributed by atoms with van der Waals surface area (Å²) >= 11 is 1.39. The number of hydrogen-bond donors (Lipinski definition) is 0. The topological polar surface area (TPSA) is 59.1 Å². The summed E-state index contributed by atoms with van der Waals surface area (Å²) < 4.78 is 24.8. The molecule has 4 rings (SSSR count). The van der Waals surface area contributed by atoms with Gasteiger partial charge < -0.3 is 19.3 Å². The smallest absolute Gasteiger partial charge is 0.264 e. The summed E-state index contributed by atoms with van der Waals surface area (Å²) in [5.41, 5.74) is -0.212. The van der Waals surface area contributed by atoms with Gasteiger partial charge in [0.2, 0.25) is 0 Å². The molecule has 6 nitrogen and oxygen atoms in total. The lowest BCUT2D eigenvalue weighted by atomic mass is 10.0. The Balaban J connectivity index is 1.57. The monoisotopic (exact) mass is 390 g/mol. The van der Waals surface area contributed by atoms with Crippen molar-refractivity contribution < 1.29 is 23.5 Å². The Morgan fingerprint density at radius 1 is 1.19 bits per heavy atom. The van der Waals surface area contributed by atoms with Gasteiger partial charge in [-0.3, -0.25) is 9.59 Å². The lowest BCUT2D eigenvalue weighted by Crippen LogP contribution is -2.61. The van der Waals surface area contributed by atoms with Gasteiger partial charge in [0.25, 0.3) is 11.8 Å². The summed E-state index contributed by atoms with van der Waals surface area (Å²) in [5, 5.41) is 1.86. The SMILES string of the molecule is O=C(c1cccs1)N1CCOC[C@]2(C1)CN(c1ccc(F)cc1)C(=O)CO2. The van der Waals surface area contributed by atoms with E-state index in [4.69, 9.17) is 9.47 Å². The maximum absolute atomic E-state index is 13.2. The van der Waals surface area contributed by atoms with E-state index in [0.717, 1.165) is 0 Å². The van der Waals surface area contributed by atoms with E-state index in [1.54, 1.807) is 28.0 Å². The van der Waals surface area contributed by atoms with E-state index in [1.807, 2.05) is 11.4 Å². The van der Waals surface area contributed by atoms with Gasteiger partial charge in [0.15, 0.2) is 0 Å². The third-order valence-electron chi connectivity index (χ3n) is 4.76. The van der Waals surface area contributed by atoms with Crippen molar-refractivity contribution in [1.29, 1.82) is 0 Å². The molecule has 142 valence electrons. The molecule has 2 fully saturated rings. The van der Waals surface area contributed by atoms with E-state index in [0.29, 0.717) is 30.3 Å². The second kappa shape index (κ2) is 7.38. The van der Waals surface area contributed by atoms with E-state index >= 15 is 0 Å². The number of nitrogens with zero attached hydrogens (tertiary/aromatic N) is 2. The minimum Gasteiger partial charge on any atom is -0.376 e. The van der Waals surface area contributed by atoms with Gasteiger partial charge in [-0.1, -0.05) is 6.07 Å². The molecule has 3 heterocycles. The van der Waals surface area contributed by atoms with Gasteiger partial charge in [-0.15, -0.1) is 11.3 Å². The number of benzene rings is 1. The predicted octanol–water partition coefficient (Wildman–Crippen LogP) is 2.16. The fourth-order valence-electron chi connectivity index (χ4n) is 3.39. The first kappa shape index (κ1) is 18.1. The maximum atomic E-state index is 13.2. The fraction of sp³-hybridized carbons (Fsp3) is 0.368. The van der Waals surface area contributed by atoms with Crippen LogP contribution in [-0.2, 0) is 14.3 Å².